The minimum atomic E-state index is -0.988. The summed E-state index contributed by atoms with van der Waals surface area (Å²) >= 11 is 0. The van der Waals surface area contributed by atoms with Gasteiger partial charge in [-0.25, -0.2) is 0 Å². The number of carbonyl (C=O) groups is 3. The fraction of sp³-hybridized carbons (Fsp3) is 0.357. The van der Waals surface area contributed by atoms with Crippen LogP contribution >= 0.6 is 0 Å². The summed E-state index contributed by atoms with van der Waals surface area (Å²) in [5, 5.41) is 14.2. The molecular formula is C14H18N2O4. The first-order valence-corrected chi connectivity index (χ1v) is 6.29. The molecule has 0 fully saturated rings. The number of carboxylic acids is 1. The van der Waals surface area contributed by atoms with Gasteiger partial charge >= 0.3 is 5.97 Å². The Balaban J connectivity index is 2.46. The van der Waals surface area contributed by atoms with Crippen LogP contribution in [-0.2, 0) is 14.4 Å². The standard InChI is InChI=1S/C14H18N2O4/c1-10(17)15-8-7-13(18)16-9-12(14(19)20)11-5-3-2-4-6-11/h2-6,12H,7-9H2,1H3,(H,15,17)(H,16,18)(H,19,20). The molecule has 6 heteroatoms. The van der Waals surface area contributed by atoms with E-state index in [-0.39, 0.29) is 31.3 Å². The molecule has 0 aliphatic heterocycles. The number of benzene rings is 1. The van der Waals surface area contributed by atoms with E-state index >= 15 is 0 Å². The summed E-state index contributed by atoms with van der Waals surface area (Å²) < 4.78 is 0. The van der Waals surface area contributed by atoms with E-state index in [1.54, 1.807) is 30.3 Å². The zero-order valence-electron chi connectivity index (χ0n) is 11.3. The highest BCUT2D eigenvalue weighted by atomic mass is 16.4. The van der Waals surface area contributed by atoms with Crippen molar-refractivity contribution >= 4 is 17.8 Å². The largest absolute Gasteiger partial charge is 0.481 e. The summed E-state index contributed by atoms with van der Waals surface area (Å²) in [6, 6.07) is 8.73. The summed E-state index contributed by atoms with van der Waals surface area (Å²) in [6.45, 7) is 1.64. The monoisotopic (exact) mass is 278 g/mol. The summed E-state index contributed by atoms with van der Waals surface area (Å²) in [5.41, 5.74) is 0.641. The molecule has 0 aromatic heterocycles. The van der Waals surface area contributed by atoms with Gasteiger partial charge in [-0.05, 0) is 5.56 Å². The molecule has 6 nitrogen and oxygen atoms in total. The van der Waals surface area contributed by atoms with Crippen molar-refractivity contribution in [1.82, 2.24) is 10.6 Å². The van der Waals surface area contributed by atoms with Gasteiger partial charge in [0.2, 0.25) is 11.8 Å². The second-order valence-corrected chi connectivity index (χ2v) is 4.34. The molecule has 1 aromatic rings. The third-order valence-corrected chi connectivity index (χ3v) is 2.73. The molecule has 0 aliphatic carbocycles. The molecule has 0 radical (unpaired) electrons. The molecule has 1 rings (SSSR count). The molecule has 1 unspecified atom stereocenters. The van der Waals surface area contributed by atoms with Crippen molar-refractivity contribution in [1.29, 1.82) is 0 Å². The predicted molar refractivity (Wildman–Crippen MR) is 73.1 cm³/mol. The average Bonchev–Trinajstić information content (AvgIpc) is 2.39. The van der Waals surface area contributed by atoms with Crippen LogP contribution in [0, 0.1) is 0 Å². The second kappa shape index (κ2) is 7.93. The van der Waals surface area contributed by atoms with Crippen molar-refractivity contribution in [2.24, 2.45) is 0 Å². The molecule has 1 atom stereocenters. The Kier molecular flexibility index (Phi) is 6.22. The van der Waals surface area contributed by atoms with E-state index in [0.29, 0.717) is 5.56 Å². The molecule has 0 saturated heterocycles. The number of hydrogen-bond acceptors (Lipinski definition) is 3. The lowest BCUT2D eigenvalue weighted by atomic mass is 9.99. The highest BCUT2D eigenvalue weighted by molar-refractivity contribution is 5.80. The number of carbonyl (C=O) groups excluding carboxylic acids is 2. The maximum Gasteiger partial charge on any atom is 0.312 e. The highest BCUT2D eigenvalue weighted by Crippen LogP contribution is 2.14. The summed E-state index contributed by atoms with van der Waals surface area (Å²) in [4.78, 5) is 33.4. The predicted octanol–water partition coefficient (Wildman–Crippen LogP) is 0.497. The number of hydrogen-bond donors (Lipinski definition) is 3. The van der Waals surface area contributed by atoms with Gasteiger partial charge in [-0.2, -0.15) is 0 Å². The maximum atomic E-state index is 11.5. The Morgan fingerprint density at radius 3 is 2.35 bits per heavy atom. The van der Waals surface area contributed by atoms with Crippen molar-refractivity contribution < 1.29 is 19.5 Å². The van der Waals surface area contributed by atoms with E-state index in [2.05, 4.69) is 10.6 Å². The molecule has 1 aromatic carbocycles. The zero-order chi connectivity index (χ0) is 15.0. The van der Waals surface area contributed by atoms with Crippen LogP contribution < -0.4 is 10.6 Å². The van der Waals surface area contributed by atoms with E-state index in [1.165, 1.54) is 6.92 Å². The van der Waals surface area contributed by atoms with Crippen LogP contribution in [-0.4, -0.2) is 36.0 Å². The fourth-order valence-corrected chi connectivity index (χ4v) is 1.69. The van der Waals surface area contributed by atoms with E-state index < -0.39 is 11.9 Å². The Hall–Kier alpha value is -2.37. The molecule has 0 heterocycles. The van der Waals surface area contributed by atoms with E-state index in [1.807, 2.05) is 0 Å². The van der Waals surface area contributed by atoms with E-state index in [0.717, 1.165) is 0 Å². The van der Waals surface area contributed by atoms with Crippen molar-refractivity contribution in [3.05, 3.63) is 35.9 Å². The molecule has 0 saturated carbocycles. The zero-order valence-corrected chi connectivity index (χ0v) is 11.3. The molecule has 0 spiro atoms. The van der Waals surface area contributed by atoms with Crippen LogP contribution in [0.1, 0.15) is 24.8 Å². The van der Waals surface area contributed by atoms with Crippen molar-refractivity contribution in [3.8, 4) is 0 Å². The van der Waals surface area contributed by atoms with Gasteiger partial charge in [0, 0.05) is 26.4 Å². The molecule has 2 amide bonds. The topological polar surface area (TPSA) is 95.5 Å². The van der Waals surface area contributed by atoms with Crippen molar-refractivity contribution in [2.45, 2.75) is 19.3 Å². The van der Waals surface area contributed by atoms with Gasteiger partial charge in [0.05, 0.1) is 5.92 Å². The summed E-state index contributed by atoms with van der Waals surface area (Å²) in [6.07, 6.45) is 0.126. The second-order valence-electron chi connectivity index (χ2n) is 4.34. The number of amides is 2. The molecule has 0 aliphatic rings. The summed E-state index contributed by atoms with van der Waals surface area (Å²) in [5.74, 6) is -2.26. The van der Waals surface area contributed by atoms with Gasteiger partial charge in [-0.3, -0.25) is 14.4 Å². The smallest absolute Gasteiger partial charge is 0.312 e. The lowest BCUT2D eigenvalue weighted by Crippen LogP contribution is -2.34. The number of nitrogens with one attached hydrogen (secondary N) is 2. The molecule has 0 bridgehead atoms. The Labute approximate surface area is 117 Å². The van der Waals surface area contributed by atoms with Gasteiger partial charge in [0.1, 0.15) is 0 Å². The Morgan fingerprint density at radius 1 is 1.15 bits per heavy atom. The minimum Gasteiger partial charge on any atom is -0.481 e. The van der Waals surface area contributed by atoms with Crippen LogP contribution in [0.4, 0.5) is 0 Å². The Morgan fingerprint density at radius 2 is 1.80 bits per heavy atom. The molecule has 20 heavy (non-hydrogen) atoms. The maximum absolute atomic E-state index is 11.5. The highest BCUT2D eigenvalue weighted by Gasteiger charge is 2.20. The van der Waals surface area contributed by atoms with Gasteiger partial charge in [0.25, 0.3) is 0 Å². The van der Waals surface area contributed by atoms with Crippen molar-refractivity contribution in [3.63, 3.8) is 0 Å². The Bertz CT molecular complexity index is 473. The van der Waals surface area contributed by atoms with Gasteiger partial charge in [-0.15, -0.1) is 0 Å². The fourth-order valence-electron chi connectivity index (χ4n) is 1.69. The minimum absolute atomic E-state index is 0.0260. The first-order chi connectivity index (χ1) is 9.50. The molecule has 108 valence electrons. The van der Waals surface area contributed by atoms with Gasteiger partial charge < -0.3 is 15.7 Å². The van der Waals surface area contributed by atoms with Gasteiger partial charge in [-0.1, -0.05) is 30.3 Å². The SMILES string of the molecule is CC(=O)NCCC(=O)NCC(C(=O)O)c1ccccc1. The van der Waals surface area contributed by atoms with Gasteiger partial charge in [0.15, 0.2) is 0 Å². The lowest BCUT2D eigenvalue weighted by Gasteiger charge is -2.13. The summed E-state index contributed by atoms with van der Waals surface area (Å²) in [7, 11) is 0. The normalized spacial score (nSPS) is 11.4. The number of carboxylic acid groups (broad SMARTS) is 1. The van der Waals surface area contributed by atoms with Crippen LogP contribution in [0.3, 0.4) is 0 Å². The quantitative estimate of drug-likeness (QED) is 0.676. The van der Waals surface area contributed by atoms with E-state index in [4.69, 9.17) is 0 Å². The first kappa shape index (κ1) is 15.7. The van der Waals surface area contributed by atoms with Crippen LogP contribution in [0.15, 0.2) is 30.3 Å². The third-order valence-electron chi connectivity index (χ3n) is 2.73. The van der Waals surface area contributed by atoms with E-state index in [9.17, 15) is 19.5 Å². The third kappa shape index (κ3) is 5.51. The van der Waals surface area contributed by atoms with Crippen LogP contribution in [0.25, 0.3) is 0 Å². The molecular weight excluding hydrogens is 260 g/mol. The number of aliphatic carboxylic acids is 1. The molecule has 3 N–H and O–H groups in total. The van der Waals surface area contributed by atoms with Crippen LogP contribution in [0.5, 0.6) is 0 Å². The van der Waals surface area contributed by atoms with Crippen molar-refractivity contribution in [2.75, 3.05) is 13.1 Å². The lowest BCUT2D eigenvalue weighted by molar-refractivity contribution is -0.138. The van der Waals surface area contributed by atoms with Crippen LogP contribution in [0.2, 0.25) is 0 Å². The number of rotatable bonds is 7. The first-order valence-electron chi connectivity index (χ1n) is 6.29. The average molecular weight is 278 g/mol.